The molecular formula is C23H32N2O3S. The monoisotopic (exact) mass is 416 g/mol. The smallest absolute Gasteiger partial charge is 0.161 e. The van der Waals surface area contributed by atoms with E-state index in [1.54, 1.807) is 14.2 Å². The van der Waals surface area contributed by atoms with Crippen molar-refractivity contribution in [3.63, 3.8) is 0 Å². The number of aliphatic hydroxyl groups is 1. The minimum absolute atomic E-state index is 0.505. The van der Waals surface area contributed by atoms with E-state index in [-0.39, 0.29) is 0 Å². The van der Waals surface area contributed by atoms with E-state index in [1.807, 2.05) is 30.0 Å². The van der Waals surface area contributed by atoms with E-state index in [4.69, 9.17) is 9.47 Å². The van der Waals surface area contributed by atoms with Crippen LogP contribution in [0.3, 0.4) is 0 Å². The van der Waals surface area contributed by atoms with Crippen molar-refractivity contribution in [3.8, 4) is 11.5 Å². The van der Waals surface area contributed by atoms with Crippen molar-refractivity contribution in [1.82, 2.24) is 4.90 Å². The highest BCUT2D eigenvalue weighted by atomic mass is 32.2. The largest absolute Gasteiger partial charge is 0.493 e. The van der Waals surface area contributed by atoms with E-state index in [9.17, 15) is 5.11 Å². The maximum Gasteiger partial charge on any atom is 0.161 e. The van der Waals surface area contributed by atoms with Gasteiger partial charge in [-0.05, 0) is 42.0 Å². The summed E-state index contributed by atoms with van der Waals surface area (Å²) in [6.07, 6.45) is 0.201. The Labute approximate surface area is 178 Å². The van der Waals surface area contributed by atoms with Crippen LogP contribution in [0.5, 0.6) is 11.5 Å². The molecule has 2 aromatic rings. The first kappa shape index (κ1) is 21.8. The Hall–Kier alpha value is -1.89. The second-order valence-electron chi connectivity index (χ2n) is 7.15. The van der Waals surface area contributed by atoms with Crippen LogP contribution in [-0.4, -0.2) is 62.7 Å². The first-order valence-electron chi connectivity index (χ1n) is 10.2. The Morgan fingerprint density at radius 3 is 2.41 bits per heavy atom. The Bertz CT molecular complexity index is 778. The van der Waals surface area contributed by atoms with Gasteiger partial charge in [-0.15, -0.1) is 11.8 Å². The SMILES string of the molecule is CCSc1ccccc1N1CCN(CCC(O)c2ccc(OC)c(OC)c2)CC1. The van der Waals surface area contributed by atoms with Crippen LogP contribution in [0.2, 0.25) is 0 Å². The number of thioether (sulfide) groups is 1. The average Bonchev–Trinajstić information content (AvgIpc) is 2.78. The number of piperazine rings is 1. The third-order valence-corrected chi connectivity index (χ3v) is 6.33. The van der Waals surface area contributed by atoms with E-state index >= 15 is 0 Å². The number of nitrogens with zero attached hydrogens (tertiary/aromatic N) is 2. The number of hydrogen-bond acceptors (Lipinski definition) is 6. The molecular weight excluding hydrogens is 384 g/mol. The van der Waals surface area contributed by atoms with Gasteiger partial charge < -0.3 is 19.5 Å². The van der Waals surface area contributed by atoms with Gasteiger partial charge in [-0.25, -0.2) is 0 Å². The standard InChI is InChI=1S/C23H32N2O3S/c1-4-29-23-8-6-5-7-19(23)25-15-13-24(14-16-25)12-11-20(26)18-9-10-21(27-2)22(17-18)28-3/h5-10,17,20,26H,4,11-16H2,1-3H3. The molecule has 1 unspecified atom stereocenters. The second kappa shape index (κ2) is 10.8. The lowest BCUT2D eigenvalue weighted by atomic mass is 10.1. The number of rotatable bonds is 9. The topological polar surface area (TPSA) is 45.2 Å². The molecule has 1 N–H and O–H groups in total. The molecule has 1 saturated heterocycles. The second-order valence-corrected chi connectivity index (χ2v) is 8.45. The zero-order chi connectivity index (χ0) is 20.6. The molecule has 6 heteroatoms. The quantitative estimate of drug-likeness (QED) is 0.622. The van der Waals surface area contributed by atoms with Crippen LogP contribution in [0.25, 0.3) is 0 Å². The van der Waals surface area contributed by atoms with Crippen LogP contribution in [-0.2, 0) is 0 Å². The minimum Gasteiger partial charge on any atom is -0.493 e. The van der Waals surface area contributed by atoms with Crippen LogP contribution >= 0.6 is 11.8 Å². The summed E-state index contributed by atoms with van der Waals surface area (Å²) in [5.41, 5.74) is 2.22. The third kappa shape index (κ3) is 5.59. The van der Waals surface area contributed by atoms with Gasteiger partial charge in [0.1, 0.15) is 0 Å². The average molecular weight is 417 g/mol. The van der Waals surface area contributed by atoms with E-state index in [2.05, 4.69) is 41.0 Å². The van der Waals surface area contributed by atoms with Gasteiger partial charge in [0, 0.05) is 37.6 Å². The van der Waals surface area contributed by atoms with E-state index in [0.29, 0.717) is 17.9 Å². The van der Waals surface area contributed by atoms with Gasteiger partial charge in [-0.2, -0.15) is 0 Å². The highest BCUT2D eigenvalue weighted by molar-refractivity contribution is 7.99. The molecule has 29 heavy (non-hydrogen) atoms. The Morgan fingerprint density at radius 2 is 1.72 bits per heavy atom. The predicted octanol–water partition coefficient (Wildman–Crippen LogP) is 4.06. The summed E-state index contributed by atoms with van der Waals surface area (Å²) in [5.74, 6) is 2.42. The molecule has 0 bridgehead atoms. The lowest BCUT2D eigenvalue weighted by Gasteiger charge is -2.37. The van der Waals surface area contributed by atoms with Crippen molar-refractivity contribution >= 4 is 17.4 Å². The molecule has 0 radical (unpaired) electrons. The zero-order valence-corrected chi connectivity index (χ0v) is 18.5. The van der Waals surface area contributed by atoms with Crippen molar-refractivity contribution in [2.75, 3.05) is 57.6 Å². The maximum absolute atomic E-state index is 10.6. The van der Waals surface area contributed by atoms with Crippen molar-refractivity contribution in [3.05, 3.63) is 48.0 Å². The maximum atomic E-state index is 10.6. The molecule has 0 aliphatic carbocycles. The number of hydrogen-bond donors (Lipinski definition) is 1. The van der Waals surface area contributed by atoms with Crippen molar-refractivity contribution < 1.29 is 14.6 Å². The molecule has 0 aromatic heterocycles. The number of benzene rings is 2. The summed E-state index contributed by atoms with van der Waals surface area (Å²) < 4.78 is 10.6. The lowest BCUT2D eigenvalue weighted by Crippen LogP contribution is -2.47. The highest BCUT2D eigenvalue weighted by Crippen LogP contribution is 2.32. The number of aliphatic hydroxyl groups excluding tert-OH is 1. The van der Waals surface area contributed by atoms with Gasteiger partial charge in [-0.1, -0.05) is 25.1 Å². The molecule has 1 fully saturated rings. The third-order valence-electron chi connectivity index (χ3n) is 5.39. The van der Waals surface area contributed by atoms with Crippen molar-refractivity contribution in [2.45, 2.75) is 24.3 Å². The van der Waals surface area contributed by atoms with Crippen LogP contribution in [0.15, 0.2) is 47.4 Å². The number of anilines is 1. The molecule has 1 heterocycles. The summed E-state index contributed by atoms with van der Waals surface area (Å²) in [7, 11) is 3.23. The molecule has 1 atom stereocenters. The normalized spacial score (nSPS) is 15.9. The van der Waals surface area contributed by atoms with Crippen LogP contribution in [0.4, 0.5) is 5.69 Å². The van der Waals surface area contributed by atoms with E-state index in [0.717, 1.165) is 44.0 Å². The molecule has 0 amide bonds. The fourth-order valence-corrected chi connectivity index (χ4v) is 4.57. The van der Waals surface area contributed by atoms with Gasteiger partial charge in [0.25, 0.3) is 0 Å². The van der Waals surface area contributed by atoms with E-state index < -0.39 is 6.10 Å². The minimum atomic E-state index is -0.505. The molecule has 0 saturated carbocycles. The highest BCUT2D eigenvalue weighted by Gasteiger charge is 2.20. The fourth-order valence-electron chi connectivity index (χ4n) is 3.74. The summed E-state index contributed by atoms with van der Waals surface area (Å²) in [6, 6.07) is 14.3. The van der Waals surface area contributed by atoms with Gasteiger partial charge in [0.05, 0.1) is 26.0 Å². The first-order chi connectivity index (χ1) is 14.2. The Kier molecular flexibility index (Phi) is 8.09. The fraction of sp³-hybridized carbons (Fsp3) is 0.478. The number of methoxy groups -OCH3 is 2. The summed E-state index contributed by atoms with van der Waals surface area (Å²) >= 11 is 1.91. The molecule has 2 aromatic carbocycles. The van der Waals surface area contributed by atoms with Gasteiger partial charge in [0.2, 0.25) is 0 Å². The summed E-state index contributed by atoms with van der Waals surface area (Å²) in [5, 5.41) is 10.6. The summed E-state index contributed by atoms with van der Waals surface area (Å²) in [6.45, 7) is 7.16. The zero-order valence-electron chi connectivity index (χ0n) is 17.6. The van der Waals surface area contributed by atoms with Crippen LogP contribution in [0.1, 0.15) is 25.0 Å². The molecule has 5 nitrogen and oxygen atoms in total. The van der Waals surface area contributed by atoms with Gasteiger partial charge >= 0.3 is 0 Å². The molecule has 1 aliphatic rings. The Balaban J connectivity index is 1.51. The van der Waals surface area contributed by atoms with Crippen molar-refractivity contribution in [1.29, 1.82) is 0 Å². The molecule has 158 valence electrons. The molecule has 0 spiro atoms. The Morgan fingerprint density at radius 1 is 1.00 bits per heavy atom. The van der Waals surface area contributed by atoms with Crippen LogP contribution in [0, 0.1) is 0 Å². The summed E-state index contributed by atoms with van der Waals surface area (Å²) in [4.78, 5) is 6.29. The van der Waals surface area contributed by atoms with Crippen molar-refractivity contribution in [2.24, 2.45) is 0 Å². The first-order valence-corrected chi connectivity index (χ1v) is 11.2. The molecule has 3 rings (SSSR count). The lowest BCUT2D eigenvalue weighted by molar-refractivity contribution is 0.139. The number of ether oxygens (including phenoxy) is 2. The van der Waals surface area contributed by atoms with Crippen LogP contribution < -0.4 is 14.4 Å². The predicted molar refractivity (Wildman–Crippen MR) is 121 cm³/mol. The van der Waals surface area contributed by atoms with Gasteiger partial charge in [0.15, 0.2) is 11.5 Å². The molecule has 1 aliphatic heterocycles. The van der Waals surface area contributed by atoms with Gasteiger partial charge in [-0.3, -0.25) is 4.90 Å². The number of para-hydroxylation sites is 1. The van der Waals surface area contributed by atoms with E-state index in [1.165, 1.54) is 10.6 Å².